The molecule has 3 N–H and O–H groups in total. The van der Waals surface area contributed by atoms with Gasteiger partial charge < -0.3 is 10.6 Å². The molecule has 0 aliphatic carbocycles. The van der Waals surface area contributed by atoms with Crippen LogP contribution in [-0.2, 0) is 6.42 Å². The van der Waals surface area contributed by atoms with Gasteiger partial charge in [-0.15, -0.1) is 0 Å². The lowest BCUT2D eigenvalue weighted by Crippen LogP contribution is -2.49. The second-order valence-corrected chi connectivity index (χ2v) is 9.23. The van der Waals surface area contributed by atoms with E-state index in [0.717, 1.165) is 44.2 Å². The molecule has 2 aromatic rings. The molecule has 8 heteroatoms. The van der Waals surface area contributed by atoms with Gasteiger partial charge in [0, 0.05) is 35.9 Å². The first-order valence-electron chi connectivity index (χ1n) is 12.2. The van der Waals surface area contributed by atoms with Crippen LogP contribution in [0.2, 0.25) is 0 Å². The molecule has 188 valence electrons. The van der Waals surface area contributed by atoms with Crippen molar-refractivity contribution in [3.8, 4) is 0 Å². The Kier molecular flexibility index (Phi) is 9.51. The highest BCUT2D eigenvalue weighted by molar-refractivity contribution is 6.02. The third-order valence-electron chi connectivity index (χ3n) is 6.55. The topological polar surface area (TPSA) is 90.5 Å². The van der Waals surface area contributed by atoms with E-state index in [4.69, 9.17) is 0 Å². The van der Waals surface area contributed by atoms with Crippen LogP contribution in [0.5, 0.6) is 0 Å². The molecule has 2 atom stereocenters. The predicted molar refractivity (Wildman–Crippen MR) is 135 cm³/mol. The number of Topliss-reactive ketones (excluding diaryl/α,β-unsaturated/α-hetero) is 2. The van der Waals surface area contributed by atoms with Crippen molar-refractivity contribution < 1.29 is 18.8 Å². The van der Waals surface area contributed by atoms with E-state index in [1.807, 2.05) is 19.2 Å². The molecule has 0 aromatic heterocycles. The number of rotatable bonds is 10. The molecule has 1 aliphatic rings. The van der Waals surface area contributed by atoms with Gasteiger partial charge in [0.25, 0.3) is 0 Å². The van der Waals surface area contributed by atoms with E-state index >= 15 is 0 Å². The number of halogens is 1. The van der Waals surface area contributed by atoms with E-state index in [-0.39, 0.29) is 23.4 Å². The van der Waals surface area contributed by atoms with Crippen molar-refractivity contribution in [2.45, 2.75) is 52.0 Å². The molecular formula is C27H35FN4O3. The molecule has 1 aliphatic heterocycles. The minimum absolute atomic E-state index is 0.170. The second kappa shape index (κ2) is 12.6. The molecule has 35 heavy (non-hydrogen) atoms. The Morgan fingerprint density at radius 2 is 1.69 bits per heavy atom. The minimum atomic E-state index is -0.372. The Balaban J connectivity index is 1.47. The summed E-state index contributed by atoms with van der Waals surface area (Å²) in [5.41, 5.74) is 5.62. The third kappa shape index (κ3) is 7.97. The SMILES string of the molecule is CNN1CC[C@@H](Cc2ccc(F)cc2)C[C@@H]1CCCNC(=O)Nc1cc(C(C)=O)cc(C(C)=O)c1. The highest BCUT2D eigenvalue weighted by atomic mass is 19.1. The van der Waals surface area contributed by atoms with Gasteiger partial charge in [-0.1, -0.05) is 12.1 Å². The quantitative estimate of drug-likeness (QED) is 0.340. The summed E-state index contributed by atoms with van der Waals surface area (Å²) in [6.07, 6.45) is 4.80. The van der Waals surface area contributed by atoms with Crippen LogP contribution < -0.4 is 16.1 Å². The van der Waals surface area contributed by atoms with Gasteiger partial charge in [0.05, 0.1) is 0 Å². The molecule has 0 saturated carbocycles. The van der Waals surface area contributed by atoms with Gasteiger partial charge >= 0.3 is 6.03 Å². The molecule has 2 aromatic carbocycles. The monoisotopic (exact) mass is 482 g/mol. The Hall–Kier alpha value is -3.10. The minimum Gasteiger partial charge on any atom is -0.338 e. The summed E-state index contributed by atoms with van der Waals surface area (Å²) in [6.45, 7) is 4.31. The Labute approximate surface area is 206 Å². The summed E-state index contributed by atoms with van der Waals surface area (Å²) >= 11 is 0. The maximum atomic E-state index is 13.2. The summed E-state index contributed by atoms with van der Waals surface area (Å²) in [5.74, 6) is -0.0129. The molecule has 1 saturated heterocycles. The number of carbonyl (C=O) groups excluding carboxylic acids is 3. The molecular weight excluding hydrogens is 447 g/mol. The lowest BCUT2D eigenvalue weighted by molar-refractivity contribution is 0.0631. The first kappa shape index (κ1) is 26.5. The summed E-state index contributed by atoms with van der Waals surface area (Å²) < 4.78 is 13.2. The highest BCUT2D eigenvalue weighted by Gasteiger charge is 2.27. The molecule has 7 nitrogen and oxygen atoms in total. The van der Waals surface area contributed by atoms with Crippen LogP contribution in [0.25, 0.3) is 0 Å². The standard InChI is InChI=1S/C27H35FN4O3/c1-18(33)22-15-23(19(2)34)17-25(16-22)31-27(35)30-11-4-5-26-14-21(10-12-32(26)29-3)13-20-6-8-24(28)9-7-20/h6-9,15-17,21,26,29H,4-5,10-14H2,1-3H3,(H2,30,31,35)/t21-,26-/m0/s1. The van der Waals surface area contributed by atoms with E-state index < -0.39 is 0 Å². The van der Waals surface area contributed by atoms with Crippen LogP contribution in [0.4, 0.5) is 14.9 Å². The van der Waals surface area contributed by atoms with Gasteiger partial charge in [-0.05, 0) is 94.8 Å². The number of urea groups is 1. The van der Waals surface area contributed by atoms with Crippen LogP contribution >= 0.6 is 0 Å². The number of hydrogen-bond acceptors (Lipinski definition) is 5. The third-order valence-corrected chi connectivity index (χ3v) is 6.55. The van der Waals surface area contributed by atoms with E-state index in [9.17, 15) is 18.8 Å². The maximum absolute atomic E-state index is 13.2. The molecule has 3 rings (SSSR count). The lowest BCUT2D eigenvalue weighted by Gasteiger charge is -2.39. The fourth-order valence-electron chi connectivity index (χ4n) is 4.66. The van der Waals surface area contributed by atoms with Gasteiger partial charge in [0.1, 0.15) is 5.82 Å². The fourth-order valence-corrected chi connectivity index (χ4v) is 4.66. The summed E-state index contributed by atoms with van der Waals surface area (Å²) in [5, 5.41) is 7.85. The Morgan fingerprint density at radius 1 is 1.03 bits per heavy atom. The van der Waals surface area contributed by atoms with Crippen LogP contribution in [0.3, 0.4) is 0 Å². The molecule has 2 amide bonds. The average molecular weight is 483 g/mol. The van der Waals surface area contributed by atoms with Crippen molar-refractivity contribution in [1.82, 2.24) is 15.8 Å². The number of amides is 2. The van der Waals surface area contributed by atoms with Crippen LogP contribution in [-0.4, -0.2) is 48.8 Å². The van der Waals surface area contributed by atoms with Gasteiger partial charge in [-0.3, -0.25) is 15.0 Å². The fraction of sp³-hybridized carbons (Fsp3) is 0.444. The van der Waals surface area contributed by atoms with Crippen molar-refractivity contribution in [3.63, 3.8) is 0 Å². The first-order chi connectivity index (χ1) is 16.7. The zero-order valence-electron chi connectivity index (χ0n) is 20.7. The zero-order chi connectivity index (χ0) is 25.4. The lowest BCUT2D eigenvalue weighted by atomic mass is 9.85. The number of piperidine rings is 1. The number of hydrogen-bond donors (Lipinski definition) is 3. The summed E-state index contributed by atoms with van der Waals surface area (Å²) in [4.78, 5) is 35.9. The van der Waals surface area contributed by atoms with E-state index in [2.05, 4.69) is 21.1 Å². The average Bonchev–Trinajstić information content (AvgIpc) is 2.83. The molecule has 1 fully saturated rings. The molecule has 0 spiro atoms. The second-order valence-electron chi connectivity index (χ2n) is 9.23. The van der Waals surface area contributed by atoms with E-state index in [1.165, 1.54) is 32.0 Å². The predicted octanol–water partition coefficient (Wildman–Crippen LogP) is 4.59. The van der Waals surface area contributed by atoms with Crippen molar-refractivity contribution in [1.29, 1.82) is 0 Å². The number of nitrogens with zero attached hydrogens (tertiary/aromatic N) is 1. The maximum Gasteiger partial charge on any atom is 0.319 e. The largest absolute Gasteiger partial charge is 0.338 e. The van der Waals surface area contributed by atoms with Crippen LogP contribution in [0, 0.1) is 11.7 Å². The van der Waals surface area contributed by atoms with Crippen LogP contribution in [0.1, 0.15) is 65.8 Å². The normalized spacial score (nSPS) is 18.2. The van der Waals surface area contributed by atoms with Gasteiger partial charge in [0.2, 0.25) is 0 Å². The smallest absolute Gasteiger partial charge is 0.319 e. The van der Waals surface area contributed by atoms with Crippen molar-refractivity contribution in [2.24, 2.45) is 5.92 Å². The highest BCUT2D eigenvalue weighted by Crippen LogP contribution is 2.27. The van der Waals surface area contributed by atoms with E-state index in [1.54, 1.807) is 12.1 Å². The Morgan fingerprint density at radius 3 is 2.29 bits per heavy atom. The molecule has 1 heterocycles. The molecule has 0 bridgehead atoms. The number of ketones is 2. The summed E-state index contributed by atoms with van der Waals surface area (Å²) in [7, 11) is 1.93. The van der Waals surface area contributed by atoms with Crippen LogP contribution in [0.15, 0.2) is 42.5 Å². The van der Waals surface area contributed by atoms with Gasteiger partial charge in [-0.25, -0.2) is 14.2 Å². The molecule has 0 radical (unpaired) electrons. The Bertz CT molecular complexity index is 1010. The number of benzene rings is 2. The van der Waals surface area contributed by atoms with Gasteiger partial charge in [0.15, 0.2) is 11.6 Å². The van der Waals surface area contributed by atoms with Crippen molar-refractivity contribution in [3.05, 3.63) is 65.0 Å². The van der Waals surface area contributed by atoms with Gasteiger partial charge in [-0.2, -0.15) is 0 Å². The van der Waals surface area contributed by atoms with E-state index in [0.29, 0.717) is 35.3 Å². The number of nitrogens with one attached hydrogen (secondary N) is 3. The zero-order valence-corrected chi connectivity index (χ0v) is 20.7. The number of carbonyl (C=O) groups is 3. The molecule has 0 unspecified atom stereocenters. The van der Waals surface area contributed by atoms with Crippen molar-refractivity contribution >= 4 is 23.3 Å². The van der Waals surface area contributed by atoms with Crippen molar-refractivity contribution in [2.75, 3.05) is 25.5 Å². The number of hydrazine groups is 1. The first-order valence-corrected chi connectivity index (χ1v) is 12.2. The number of anilines is 1. The summed E-state index contributed by atoms with van der Waals surface area (Å²) in [6, 6.07) is 11.4.